The van der Waals surface area contributed by atoms with Crippen molar-refractivity contribution in [2.24, 2.45) is 0 Å². The van der Waals surface area contributed by atoms with E-state index in [9.17, 15) is 5.11 Å². The zero-order valence-corrected chi connectivity index (χ0v) is 13.5. The summed E-state index contributed by atoms with van der Waals surface area (Å²) >= 11 is 0. The number of nitrogens with zero attached hydrogens (tertiary/aromatic N) is 2. The van der Waals surface area contributed by atoms with Crippen LogP contribution >= 0.6 is 0 Å². The number of hydrogen-bond acceptors (Lipinski definition) is 3. The van der Waals surface area contributed by atoms with Crippen LogP contribution in [0.25, 0.3) is 0 Å². The molecule has 1 aromatic carbocycles. The normalized spacial score (nSPS) is 19.1. The monoisotopic (exact) mass is 276 g/mol. The quantitative estimate of drug-likeness (QED) is 0.895. The van der Waals surface area contributed by atoms with Gasteiger partial charge in [-0.2, -0.15) is 0 Å². The maximum absolute atomic E-state index is 10.2. The van der Waals surface area contributed by atoms with Crippen molar-refractivity contribution in [2.45, 2.75) is 44.7 Å². The van der Waals surface area contributed by atoms with Gasteiger partial charge in [-0.05, 0) is 65.9 Å². The molecule has 1 unspecified atom stereocenters. The number of aryl methyl sites for hydroxylation is 1. The molecule has 3 heteroatoms. The minimum absolute atomic E-state index is 0.230. The van der Waals surface area contributed by atoms with Crippen molar-refractivity contribution in [1.82, 2.24) is 9.80 Å². The van der Waals surface area contributed by atoms with Crippen LogP contribution in [0, 0.1) is 6.92 Å². The zero-order valence-electron chi connectivity index (χ0n) is 13.5. The molecule has 0 aromatic heterocycles. The lowest BCUT2D eigenvalue weighted by Gasteiger charge is -2.50. The first-order chi connectivity index (χ1) is 9.35. The number of phenolic OH excluding ortho intramolecular Hbond substituents is 1. The maximum atomic E-state index is 10.2. The fourth-order valence-electron chi connectivity index (χ4n) is 3.18. The highest BCUT2D eigenvalue weighted by Crippen LogP contribution is 2.38. The molecular formula is C17H28N2O. The first-order valence-corrected chi connectivity index (χ1v) is 7.53. The van der Waals surface area contributed by atoms with Crippen LogP contribution in [0.4, 0.5) is 0 Å². The van der Waals surface area contributed by atoms with Gasteiger partial charge >= 0.3 is 0 Å². The molecule has 1 aliphatic rings. The number of phenols is 1. The van der Waals surface area contributed by atoms with Gasteiger partial charge in [-0.1, -0.05) is 12.1 Å². The van der Waals surface area contributed by atoms with Gasteiger partial charge in [-0.25, -0.2) is 0 Å². The second-order valence-electron chi connectivity index (χ2n) is 6.63. The smallest absolute Gasteiger partial charge is 0.120 e. The van der Waals surface area contributed by atoms with Gasteiger partial charge in [-0.3, -0.25) is 4.90 Å². The summed E-state index contributed by atoms with van der Waals surface area (Å²) in [6, 6.07) is 6.21. The van der Waals surface area contributed by atoms with Crippen LogP contribution in [0.3, 0.4) is 0 Å². The Bertz CT molecular complexity index is 466. The molecule has 3 nitrogen and oxygen atoms in total. The highest BCUT2D eigenvalue weighted by Gasteiger charge is 2.40. The van der Waals surface area contributed by atoms with Crippen LogP contribution in [-0.4, -0.2) is 48.1 Å². The van der Waals surface area contributed by atoms with Gasteiger partial charge in [0, 0.05) is 23.7 Å². The summed E-state index contributed by atoms with van der Waals surface area (Å²) < 4.78 is 0. The highest BCUT2D eigenvalue weighted by molar-refractivity contribution is 5.37. The second-order valence-corrected chi connectivity index (χ2v) is 6.63. The van der Waals surface area contributed by atoms with Crippen LogP contribution in [-0.2, 0) is 0 Å². The molecule has 0 saturated heterocycles. The van der Waals surface area contributed by atoms with Gasteiger partial charge in [-0.15, -0.1) is 0 Å². The predicted octanol–water partition coefficient (Wildman–Crippen LogP) is 3.18. The molecule has 1 aromatic rings. The highest BCUT2D eigenvalue weighted by atomic mass is 16.3. The van der Waals surface area contributed by atoms with E-state index in [2.05, 4.69) is 50.0 Å². The minimum atomic E-state index is 0.230. The van der Waals surface area contributed by atoms with E-state index in [1.165, 1.54) is 19.3 Å². The summed E-state index contributed by atoms with van der Waals surface area (Å²) in [7, 11) is 6.52. The molecule has 112 valence electrons. The Kier molecular flexibility index (Phi) is 4.40. The molecule has 1 saturated carbocycles. The molecule has 1 aliphatic carbocycles. The number of benzene rings is 1. The molecule has 1 atom stereocenters. The summed E-state index contributed by atoms with van der Waals surface area (Å²) in [5.41, 5.74) is 2.44. The van der Waals surface area contributed by atoms with Crippen molar-refractivity contribution < 1.29 is 5.11 Å². The number of likely N-dealkylation sites (N-methyl/N-ethyl adjacent to an activating group) is 2. The third-order valence-electron chi connectivity index (χ3n) is 5.07. The van der Waals surface area contributed by atoms with Gasteiger partial charge in [0.1, 0.15) is 5.75 Å². The van der Waals surface area contributed by atoms with E-state index >= 15 is 0 Å². The van der Waals surface area contributed by atoms with Gasteiger partial charge in [0.2, 0.25) is 0 Å². The zero-order chi connectivity index (χ0) is 14.9. The predicted molar refractivity (Wildman–Crippen MR) is 84.2 cm³/mol. The average Bonchev–Trinajstić information content (AvgIpc) is 2.32. The molecule has 0 bridgehead atoms. The summed E-state index contributed by atoms with van der Waals surface area (Å²) in [6.45, 7) is 5.23. The van der Waals surface area contributed by atoms with Crippen molar-refractivity contribution in [1.29, 1.82) is 0 Å². The van der Waals surface area contributed by atoms with E-state index in [1.807, 2.05) is 13.0 Å². The van der Waals surface area contributed by atoms with E-state index in [-0.39, 0.29) is 6.04 Å². The summed E-state index contributed by atoms with van der Waals surface area (Å²) in [6.07, 6.45) is 3.88. The summed E-state index contributed by atoms with van der Waals surface area (Å²) in [4.78, 5) is 4.73. The Labute approximate surface area is 123 Å². The molecule has 1 N–H and O–H groups in total. The number of aromatic hydroxyl groups is 1. The van der Waals surface area contributed by atoms with Gasteiger partial charge in [0.15, 0.2) is 0 Å². The first kappa shape index (κ1) is 15.3. The molecule has 0 amide bonds. The fraction of sp³-hybridized carbons (Fsp3) is 0.647. The molecule has 2 rings (SSSR count). The topological polar surface area (TPSA) is 26.7 Å². The summed E-state index contributed by atoms with van der Waals surface area (Å²) in [5.74, 6) is 0.414. The molecule has 0 spiro atoms. The van der Waals surface area contributed by atoms with Crippen LogP contribution < -0.4 is 0 Å². The van der Waals surface area contributed by atoms with Crippen LogP contribution in [0.15, 0.2) is 18.2 Å². The van der Waals surface area contributed by atoms with E-state index in [4.69, 9.17) is 0 Å². The Hall–Kier alpha value is -1.06. The Morgan fingerprint density at radius 3 is 2.35 bits per heavy atom. The molecule has 20 heavy (non-hydrogen) atoms. The first-order valence-electron chi connectivity index (χ1n) is 7.53. The van der Waals surface area contributed by atoms with Crippen molar-refractivity contribution in [3.63, 3.8) is 0 Å². The number of rotatable bonds is 5. The largest absolute Gasteiger partial charge is 0.508 e. The van der Waals surface area contributed by atoms with Crippen LogP contribution in [0.2, 0.25) is 0 Å². The molecule has 0 aliphatic heterocycles. The fourth-order valence-corrected chi connectivity index (χ4v) is 3.18. The van der Waals surface area contributed by atoms with Gasteiger partial charge < -0.3 is 10.0 Å². The lowest BCUT2D eigenvalue weighted by molar-refractivity contribution is 0.0177. The molecule has 0 radical (unpaired) electrons. The average molecular weight is 276 g/mol. The number of hydrogen-bond donors (Lipinski definition) is 1. The molecular weight excluding hydrogens is 248 g/mol. The standard InChI is InChI=1S/C17H28N2O/c1-13-7-8-15(16(20)11-13)14(2)19(5)12-17(18(3)4)9-6-10-17/h7-8,11,14,20H,6,9-10,12H2,1-5H3. The minimum Gasteiger partial charge on any atom is -0.508 e. The lowest BCUT2D eigenvalue weighted by atomic mass is 9.75. The molecule has 1 fully saturated rings. The Balaban J connectivity index is 2.10. The second kappa shape index (κ2) is 5.74. The SMILES string of the molecule is Cc1ccc(C(C)N(C)CC2(N(C)C)CCC2)c(O)c1. The van der Waals surface area contributed by atoms with E-state index in [1.54, 1.807) is 0 Å². The third-order valence-corrected chi connectivity index (χ3v) is 5.07. The van der Waals surface area contributed by atoms with Crippen LogP contribution in [0.1, 0.15) is 43.4 Å². The van der Waals surface area contributed by atoms with Crippen molar-refractivity contribution in [3.8, 4) is 5.75 Å². The van der Waals surface area contributed by atoms with Gasteiger partial charge in [0.05, 0.1) is 0 Å². The van der Waals surface area contributed by atoms with Crippen LogP contribution in [0.5, 0.6) is 5.75 Å². The third kappa shape index (κ3) is 2.84. The molecule has 0 heterocycles. The van der Waals surface area contributed by atoms with Crippen molar-refractivity contribution in [2.75, 3.05) is 27.7 Å². The van der Waals surface area contributed by atoms with Gasteiger partial charge in [0.25, 0.3) is 0 Å². The Morgan fingerprint density at radius 2 is 1.90 bits per heavy atom. The summed E-state index contributed by atoms with van der Waals surface area (Å²) in [5, 5.41) is 10.2. The lowest BCUT2D eigenvalue weighted by Crippen LogP contribution is -2.56. The van der Waals surface area contributed by atoms with E-state index < -0.39 is 0 Å². The van der Waals surface area contributed by atoms with E-state index in [0.29, 0.717) is 11.3 Å². The van der Waals surface area contributed by atoms with Crippen molar-refractivity contribution in [3.05, 3.63) is 29.3 Å². The Morgan fingerprint density at radius 1 is 1.25 bits per heavy atom. The van der Waals surface area contributed by atoms with E-state index in [0.717, 1.165) is 17.7 Å². The maximum Gasteiger partial charge on any atom is 0.120 e. The van der Waals surface area contributed by atoms with Crippen molar-refractivity contribution >= 4 is 0 Å².